The van der Waals surface area contributed by atoms with Crippen LogP contribution >= 0.6 is 0 Å². The predicted molar refractivity (Wildman–Crippen MR) is 209 cm³/mol. The molecule has 49 heavy (non-hydrogen) atoms. The average Bonchev–Trinajstić information content (AvgIpc) is 3.11. The van der Waals surface area contributed by atoms with Crippen LogP contribution < -0.4 is 4.74 Å². The molecule has 0 aliphatic carbocycles. The second-order valence-electron chi connectivity index (χ2n) is 14.7. The monoisotopic (exact) mass is 679 g/mol. The predicted octanol–water partition coefficient (Wildman–Crippen LogP) is 14.4. The van der Waals surface area contributed by atoms with Crippen LogP contribution in [0, 0.1) is 0 Å². The fourth-order valence-electron chi connectivity index (χ4n) is 6.97. The molecule has 0 fully saturated rings. The highest BCUT2D eigenvalue weighted by Gasteiger charge is 2.20. The highest BCUT2D eigenvalue weighted by atomic mass is 16.5. The number of benzene rings is 2. The minimum Gasteiger partial charge on any atom is -0.504 e. The molecule has 0 aromatic heterocycles. The van der Waals surface area contributed by atoms with Crippen LogP contribution in [0.2, 0.25) is 0 Å². The van der Waals surface area contributed by atoms with Crippen LogP contribution in [-0.2, 0) is 12.8 Å². The largest absolute Gasteiger partial charge is 0.504 e. The molecule has 0 saturated heterocycles. The van der Waals surface area contributed by atoms with Crippen molar-refractivity contribution in [3.8, 4) is 17.2 Å². The lowest BCUT2D eigenvalue weighted by atomic mass is 10.0. The SMILES string of the molecule is CCCCCCCCCCCCCCCCc1ccccc1OC(=O)c1ccc(CCCCCCCCCCCCCCCC)c(O)c1O. The smallest absolute Gasteiger partial charge is 0.347 e. The minimum atomic E-state index is -0.635. The van der Waals surface area contributed by atoms with Crippen molar-refractivity contribution in [2.24, 2.45) is 0 Å². The molecule has 2 aromatic carbocycles. The molecular weight excluding hydrogens is 604 g/mol. The third-order valence-electron chi connectivity index (χ3n) is 10.2. The van der Waals surface area contributed by atoms with Gasteiger partial charge in [0.15, 0.2) is 11.5 Å². The Balaban J connectivity index is 1.61. The minimum absolute atomic E-state index is 0.00788. The molecule has 2 N–H and O–H groups in total. The number of hydrogen-bond donors (Lipinski definition) is 2. The molecule has 4 nitrogen and oxygen atoms in total. The molecule has 0 radical (unpaired) electrons. The Labute approximate surface area is 301 Å². The van der Waals surface area contributed by atoms with Crippen molar-refractivity contribution in [1.82, 2.24) is 0 Å². The lowest BCUT2D eigenvalue weighted by Gasteiger charge is -2.13. The van der Waals surface area contributed by atoms with Gasteiger partial charge in [-0.25, -0.2) is 4.79 Å². The Morgan fingerprint density at radius 3 is 1.24 bits per heavy atom. The van der Waals surface area contributed by atoms with Gasteiger partial charge < -0.3 is 14.9 Å². The summed E-state index contributed by atoms with van der Waals surface area (Å²) in [6, 6.07) is 11.0. The van der Waals surface area contributed by atoms with E-state index in [0.717, 1.165) is 31.2 Å². The van der Waals surface area contributed by atoms with Crippen LogP contribution in [0.1, 0.15) is 215 Å². The van der Waals surface area contributed by atoms with Crippen molar-refractivity contribution >= 4 is 5.97 Å². The zero-order valence-corrected chi connectivity index (χ0v) is 31.9. The van der Waals surface area contributed by atoms with Gasteiger partial charge in [0.2, 0.25) is 0 Å². The van der Waals surface area contributed by atoms with Gasteiger partial charge in [-0.15, -0.1) is 0 Å². The van der Waals surface area contributed by atoms with Crippen molar-refractivity contribution < 1.29 is 19.7 Å². The molecule has 0 bridgehead atoms. The molecule has 2 aromatic rings. The second-order valence-corrected chi connectivity index (χ2v) is 14.7. The number of aryl methyl sites for hydroxylation is 2. The van der Waals surface area contributed by atoms with Crippen LogP contribution in [0.25, 0.3) is 0 Å². The number of esters is 1. The third-order valence-corrected chi connectivity index (χ3v) is 10.2. The Hall–Kier alpha value is -2.49. The first-order valence-electron chi connectivity index (χ1n) is 20.9. The summed E-state index contributed by atoms with van der Waals surface area (Å²) in [5, 5.41) is 21.4. The molecule has 0 saturated carbocycles. The van der Waals surface area contributed by atoms with Gasteiger partial charge >= 0.3 is 5.97 Å². The van der Waals surface area contributed by atoms with Gasteiger partial charge in [-0.2, -0.15) is 0 Å². The number of phenolic OH excluding ortho intramolecular Hbond substituents is 2. The fourth-order valence-corrected chi connectivity index (χ4v) is 6.97. The number of rotatable bonds is 32. The maximum atomic E-state index is 13.1. The first-order chi connectivity index (χ1) is 24.1. The van der Waals surface area contributed by atoms with Gasteiger partial charge in [-0.05, 0) is 48.9 Å². The maximum absolute atomic E-state index is 13.1. The van der Waals surface area contributed by atoms with Crippen molar-refractivity contribution in [2.75, 3.05) is 0 Å². The highest BCUT2D eigenvalue weighted by Crippen LogP contribution is 2.35. The van der Waals surface area contributed by atoms with E-state index in [1.807, 2.05) is 24.3 Å². The lowest BCUT2D eigenvalue weighted by Crippen LogP contribution is -2.10. The number of hydrogen-bond acceptors (Lipinski definition) is 4. The number of phenols is 2. The zero-order chi connectivity index (χ0) is 35.2. The standard InChI is InChI=1S/C45H74O4/c1-3-5-7-9-11-13-15-17-19-21-23-25-27-29-33-39-34-31-32-36-42(39)49-45(48)41-38-37-40(43(46)44(41)47)35-30-28-26-24-22-20-18-16-14-12-10-8-6-4-2/h31-32,34,36-38,46-47H,3-30,33,35H2,1-2H3. The van der Waals surface area contributed by atoms with E-state index < -0.39 is 5.97 Å². The number of unbranched alkanes of at least 4 members (excludes halogenated alkanes) is 26. The summed E-state index contributed by atoms with van der Waals surface area (Å²) in [6.45, 7) is 4.55. The van der Waals surface area contributed by atoms with E-state index >= 15 is 0 Å². The number of aromatic hydroxyl groups is 2. The van der Waals surface area contributed by atoms with E-state index in [1.165, 1.54) is 161 Å². The molecule has 0 aliphatic heterocycles. The van der Waals surface area contributed by atoms with Gasteiger partial charge in [0.1, 0.15) is 11.3 Å². The Morgan fingerprint density at radius 1 is 0.449 bits per heavy atom. The van der Waals surface area contributed by atoms with Crippen molar-refractivity contribution in [3.63, 3.8) is 0 Å². The average molecular weight is 679 g/mol. The number of ether oxygens (including phenoxy) is 1. The Kier molecular flexibility index (Phi) is 25.5. The number of para-hydroxylation sites is 1. The summed E-state index contributed by atoms with van der Waals surface area (Å²) in [5.41, 5.74) is 1.70. The van der Waals surface area contributed by atoms with Crippen LogP contribution in [0.3, 0.4) is 0 Å². The molecule has 0 aliphatic rings. The van der Waals surface area contributed by atoms with Gasteiger partial charge in [0.25, 0.3) is 0 Å². The summed E-state index contributed by atoms with van der Waals surface area (Å²) in [5.74, 6) is -0.672. The Morgan fingerprint density at radius 2 is 0.816 bits per heavy atom. The molecule has 0 atom stereocenters. The van der Waals surface area contributed by atoms with E-state index in [2.05, 4.69) is 13.8 Å². The lowest BCUT2D eigenvalue weighted by molar-refractivity contribution is 0.0729. The van der Waals surface area contributed by atoms with Crippen molar-refractivity contribution in [1.29, 1.82) is 0 Å². The maximum Gasteiger partial charge on any atom is 0.347 e. The number of carbonyl (C=O) groups is 1. The molecule has 4 heteroatoms. The first-order valence-corrected chi connectivity index (χ1v) is 20.9. The summed E-state index contributed by atoms with van der Waals surface area (Å²) >= 11 is 0. The van der Waals surface area contributed by atoms with E-state index in [4.69, 9.17) is 4.74 Å². The van der Waals surface area contributed by atoms with Crippen LogP contribution in [0.5, 0.6) is 17.2 Å². The number of carbonyl (C=O) groups excluding carboxylic acids is 1. The van der Waals surface area contributed by atoms with Crippen LogP contribution in [0.15, 0.2) is 36.4 Å². The molecule has 0 amide bonds. The van der Waals surface area contributed by atoms with E-state index in [-0.39, 0.29) is 17.1 Å². The summed E-state index contributed by atoms with van der Waals surface area (Å²) in [4.78, 5) is 13.1. The molecule has 0 spiro atoms. The highest BCUT2D eigenvalue weighted by molar-refractivity contribution is 5.95. The van der Waals surface area contributed by atoms with Crippen LogP contribution in [-0.4, -0.2) is 16.2 Å². The summed E-state index contributed by atoms with van der Waals surface area (Å²) in [6.07, 6.45) is 38.4. The summed E-state index contributed by atoms with van der Waals surface area (Å²) < 4.78 is 5.75. The van der Waals surface area contributed by atoms with Gasteiger partial charge in [0.05, 0.1) is 0 Å². The van der Waals surface area contributed by atoms with E-state index in [9.17, 15) is 15.0 Å². The molecule has 0 unspecified atom stereocenters. The second kappa shape index (κ2) is 29.3. The van der Waals surface area contributed by atoms with Gasteiger partial charge in [-0.1, -0.05) is 205 Å². The fraction of sp³-hybridized carbons (Fsp3) is 0.711. The molecule has 2 rings (SSSR count). The summed E-state index contributed by atoms with van der Waals surface area (Å²) in [7, 11) is 0. The Bertz CT molecular complexity index is 1090. The third kappa shape index (κ3) is 20.1. The topological polar surface area (TPSA) is 66.8 Å². The quantitative estimate of drug-likeness (QED) is 0.0350. The molecular formula is C45H74O4. The van der Waals surface area contributed by atoms with E-state index in [0.29, 0.717) is 17.7 Å². The van der Waals surface area contributed by atoms with Crippen molar-refractivity contribution in [2.45, 2.75) is 206 Å². The van der Waals surface area contributed by atoms with Crippen molar-refractivity contribution in [3.05, 3.63) is 53.1 Å². The molecule has 278 valence electrons. The molecule has 0 heterocycles. The van der Waals surface area contributed by atoms with E-state index in [1.54, 1.807) is 12.1 Å². The van der Waals surface area contributed by atoms with Gasteiger partial charge in [0, 0.05) is 0 Å². The normalized spacial score (nSPS) is 11.3. The zero-order valence-electron chi connectivity index (χ0n) is 31.9. The van der Waals surface area contributed by atoms with Gasteiger partial charge in [-0.3, -0.25) is 0 Å². The van der Waals surface area contributed by atoms with Crippen LogP contribution in [0.4, 0.5) is 0 Å². The first kappa shape index (κ1) is 42.7.